The van der Waals surface area contributed by atoms with Gasteiger partial charge in [0, 0.05) is 51.9 Å². The molecule has 0 aromatic heterocycles. The standard InChI is InChI=1S/C19H41N3O3/c1-18(2)20-6-13-23-16-17-24-14-11-21-7-9-22(10-8-21)12-15-25-19(3,4)5/h18,20H,6-17H2,1-5H3. The van der Waals surface area contributed by atoms with Gasteiger partial charge in [-0.2, -0.15) is 0 Å². The number of nitrogens with zero attached hydrogens (tertiary/aromatic N) is 2. The van der Waals surface area contributed by atoms with E-state index in [9.17, 15) is 0 Å². The molecule has 1 aliphatic rings. The van der Waals surface area contributed by atoms with Gasteiger partial charge in [-0.15, -0.1) is 0 Å². The smallest absolute Gasteiger partial charge is 0.0701 e. The summed E-state index contributed by atoms with van der Waals surface area (Å²) in [6, 6.07) is 0.520. The van der Waals surface area contributed by atoms with Crippen LogP contribution in [-0.2, 0) is 14.2 Å². The topological polar surface area (TPSA) is 46.2 Å². The van der Waals surface area contributed by atoms with Crippen molar-refractivity contribution in [3.63, 3.8) is 0 Å². The third-order valence-corrected chi connectivity index (χ3v) is 4.13. The quantitative estimate of drug-likeness (QED) is 0.502. The highest BCUT2D eigenvalue weighted by molar-refractivity contribution is 4.72. The van der Waals surface area contributed by atoms with Crippen molar-refractivity contribution in [2.45, 2.75) is 46.3 Å². The number of nitrogens with one attached hydrogen (secondary N) is 1. The summed E-state index contributed by atoms with van der Waals surface area (Å²) in [5, 5.41) is 3.33. The lowest BCUT2D eigenvalue weighted by Crippen LogP contribution is -2.48. The van der Waals surface area contributed by atoms with Crippen LogP contribution in [0.5, 0.6) is 0 Å². The second kappa shape index (κ2) is 13.0. The summed E-state index contributed by atoms with van der Waals surface area (Å²) < 4.78 is 17.0. The van der Waals surface area contributed by atoms with Gasteiger partial charge in [-0.05, 0) is 20.8 Å². The number of hydrogen-bond acceptors (Lipinski definition) is 6. The van der Waals surface area contributed by atoms with Crippen molar-refractivity contribution in [2.24, 2.45) is 0 Å². The zero-order valence-corrected chi connectivity index (χ0v) is 17.2. The van der Waals surface area contributed by atoms with Gasteiger partial charge in [0.15, 0.2) is 0 Å². The summed E-state index contributed by atoms with van der Waals surface area (Å²) in [5.74, 6) is 0. The number of piperazine rings is 1. The van der Waals surface area contributed by atoms with E-state index in [2.05, 4.69) is 49.7 Å². The summed E-state index contributed by atoms with van der Waals surface area (Å²) in [5.41, 5.74) is -0.0339. The Morgan fingerprint density at radius 3 is 1.84 bits per heavy atom. The fraction of sp³-hybridized carbons (Fsp3) is 1.00. The number of hydrogen-bond donors (Lipinski definition) is 1. The first-order valence-electron chi connectivity index (χ1n) is 9.84. The van der Waals surface area contributed by atoms with E-state index in [0.717, 1.165) is 65.6 Å². The molecule has 0 aliphatic carbocycles. The lowest BCUT2D eigenvalue weighted by atomic mass is 10.2. The molecule has 6 nitrogen and oxygen atoms in total. The molecular weight excluding hydrogens is 318 g/mol. The molecule has 1 fully saturated rings. The maximum atomic E-state index is 5.81. The van der Waals surface area contributed by atoms with Crippen LogP contribution in [0.4, 0.5) is 0 Å². The highest BCUT2D eigenvalue weighted by Gasteiger charge is 2.17. The van der Waals surface area contributed by atoms with E-state index in [0.29, 0.717) is 19.3 Å². The normalized spacial score (nSPS) is 17.5. The fourth-order valence-corrected chi connectivity index (χ4v) is 2.65. The lowest BCUT2D eigenvalue weighted by Gasteiger charge is -2.35. The third-order valence-electron chi connectivity index (χ3n) is 4.13. The molecule has 0 aromatic rings. The van der Waals surface area contributed by atoms with Crippen LogP contribution in [0.2, 0.25) is 0 Å². The van der Waals surface area contributed by atoms with Gasteiger partial charge in [0.25, 0.3) is 0 Å². The number of ether oxygens (including phenoxy) is 3. The maximum Gasteiger partial charge on any atom is 0.0701 e. The van der Waals surface area contributed by atoms with Crippen molar-refractivity contribution >= 4 is 0 Å². The molecule has 6 heteroatoms. The molecule has 0 atom stereocenters. The van der Waals surface area contributed by atoms with Gasteiger partial charge < -0.3 is 19.5 Å². The molecule has 0 bridgehead atoms. The Kier molecular flexibility index (Phi) is 11.9. The Morgan fingerprint density at radius 2 is 1.32 bits per heavy atom. The Bertz CT molecular complexity index is 314. The van der Waals surface area contributed by atoms with Crippen molar-refractivity contribution < 1.29 is 14.2 Å². The average molecular weight is 360 g/mol. The van der Waals surface area contributed by atoms with Crippen molar-refractivity contribution in [1.29, 1.82) is 0 Å². The molecular formula is C19H41N3O3. The van der Waals surface area contributed by atoms with Crippen LogP contribution in [0, 0.1) is 0 Å². The molecule has 1 rings (SSSR count). The second-order valence-corrected chi connectivity index (χ2v) is 7.98. The van der Waals surface area contributed by atoms with Crippen LogP contribution < -0.4 is 5.32 Å². The van der Waals surface area contributed by atoms with E-state index >= 15 is 0 Å². The molecule has 1 N–H and O–H groups in total. The summed E-state index contributed by atoms with van der Waals surface area (Å²) >= 11 is 0. The summed E-state index contributed by atoms with van der Waals surface area (Å²) in [6.45, 7) is 21.8. The minimum Gasteiger partial charge on any atom is -0.378 e. The predicted octanol–water partition coefficient (Wildman–Crippen LogP) is 1.45. The molecule has 1 aliphatic heterocycles. The van der Waals surface area contributed by atoms with Gasteiger partial charge >= 0.3 is 0 Å². The largest absolute Gasteiger partial charge is 0.378 e. The zero-order valence-electron chi connectivity index (χ0n) is 17.2. The number of rotatable bonds is 13. The van der Waals surface area contributed by atoms with E-state index in [1.807, 2.05) is 0 Å². The van der Waals surface area contributed by atoms with Crippen molar-refractivity contribution in [3.8, 4) is 0 Å². The van der Waals surface area contributed by atoms with E-state index in [1.54, 1.807) is 0 Å². The highest BCUT2D eigenvalue weighted by atomic mass is 16.5. The molecule has 0 amide bonds. The van der Waals surface area contributed by atoms with Gasteiger partial charge in [-0.25, -0.2) is 0 Å². The predicted molar refractivity (Wildman–Crippen MR) is 103 cm³/mol. The SMILES string of the molecule is CC(C)NCCOCCOCCN1CCN(CCOC(C)(C)C)CC1. The Morgan fingerprint density at radius 1 is 0.800 bits per heavy atom. The molecule has 0 unspecified atom stereocenters. The third kappa shape index (κ3) is 13.6. The molecule has 0 radical (unpaired) electrons. The van der Waals surface area contributed by atoms with E-state index in [-0.39, 0.29) is 5.60 Å². The maximum absolute atomic E-state index is 5.81. The molecule has 1 saturated heterocycles. The van der Waals surface area contributed by atoms with Crippen molar-refractivity contribution in [3.05, 3.63) is 0 Å². The van der Waals surface area contributed by atoms with Crippen LogP contribution in [-0.4, -0.2) is 100 Å². The minimum atomic E-state index is -0.0339. The first kappa shape index (κ1) is 22.8. The van der Waals surface area contributed by atoms with Crippen LogP contribution >= 0.6 is 0 Å². The molecule has 1 heterocycles. The summed E-state index contributed by atoms with van der Waals surface area (Å²) in [7, 11) is 0. The van der Waals surface area contributed by atoms with E-state index in [1.165, 1.54) is 0 Å². The fourth-order valence-electron chi connectivity index (χ4n) is 2.65. The van der Waals surface area contributed by atoms with Crippen molar-refractivity contribution in [2.75, 3.05) is 78.8 Å². The molecule has 0 saturated carbocycles. The van der Waals surface area contributed by atoms with Gasteiger partial charge in [0.1, 0.15) is 0 Å². The van der Waals surface area contributed by atoms with Crippen LogP contribution in [0.3, 0.4) is 0 Å². The lowest BCUT2D eigenvalue weighted by molar-refractivity contribution is -0.0193. The highest BCUT2D eigenvalue weighted by Crippen LogP contribution is 2.07. The Labute approximate surface area is 155 Å². The summed E-state index contributed by atoms with van der Waals surface area (Å²) in [4.78, 5) is 4.97. The van der Waals surface area contributed by atoms with Gasteiger partial charge in [-0.3, -0.25) is 9.80 Å². The van der Waals surface area contributed by atoms with Crippen LogP contribution in [0.15, 0.2) is 0 Å². The second-order valence-electron chi connectivity index (χ2n) is 7.98. The van der Waals surface area contributed by atoms with Gasteiger partial charge in [-0.1, -0.05) is 13.8 Å². The summed E-state index contributed by atoms with van der Waals surface area (Å²) in [6.07, 6.45) is 0. The van der Waals surface area contributed by atoms with Crippen LogP contribution in [0.25, 0.3) is 0 Å². The first-order chi connectivity index (χ1) is 11.9. The van der Waals surface area contributed by atoms with Crippen LogP contribution in [0.1, 0.15) is 34.6 Å². The Hall–Kier alpha value is -0.240. The Balaban J connectivity index is 1.89. The first-order valence-corrected chi connectivity index (χ1v) is 9.84. The molecule has 150 valence electrons. The molecule has 25 heavy (non-hydrogen) atoms. The van der Waals surface area contributed by atoms with Gasteiger partial charge in [0.2, 0.25) is 0 Å². The van der Waals surface area contributed by atoms with E-state index in [4.69, 9.17) is 14.2 Å². The van der Waals surface area contributed by atoms with Crippen molar-refractivity contribution in [1.82, 2.24) is 15.1 Å². The van der Waals surface area contributed by atoms with E-state index < -0.39 is 0 Å². The molecule has 0 aromatic carbocycles. The minimum absolute atomic E-state index is 0.0339. The monoisotopic (exact) mass is 359 g/mol. The van der Waals surface area contributed by atoms with Gasteiger partial charge in [0.05, 0.1) is 38.6 Å². The average Bonchev–Trinajstić information content (AvgIpc) is 2.53. The zero-order chi connectivity index (χ0) is 18.5. The molecule has 0 spiro atoms.